The Labute approximate surface area is 118 Å². The van der Waals surface area contributed by atoms with Gasteiger partial charge < -0.3 is 9.15 Å². The lowest BCUT2D eigenvalue weighted by atomic mass is 10.1. The largest absolute Gasteiger partial charge is 0.451 e. The van der Waals surface area contributed by atoms with Gasteiger partial charge in [-0.15, -0.1) is 0 Å². The number of amides is 1. The van der Waals surface area contributed by atoms with Crippen molar-refractivity contribution in [3.05, 3.63) is 34.0 Å². The minimum Gasteiger partial charge on any atom is -0.451 e. The van der Waals surface area contributed by atoms with Crippen LogP contribution in [-0.4, -0.2) is 26.2 Å². The van der Waals surface area contributed by atoms with Gasteiger partial charge >= 0.3 is 5.91 Å². The Kier molecular flexibility index (Phi) is 4.57. The molecule has 0 aliphatic heterocycles. The molecular formula is C13H14BrNO4. The van der Waals surface area contributed by atoms with E-state index >= 15 is 0 Å². The maximum Gasteiger partial charge on any atom is 0.310 e. The third-order valence-corrected chi connectivity index (χ3v) is 3.15. The number of methoxy groups -OCH3 is 1. The van der Waals surface area contributed by atoms with Crippen LogP contribution in [-0.2, 0) is 9.57 Å². The number of halogens is 1. The summed E-state index contributed by atoms with van der Waals surface area (Å²) in [7, 11) is 1.56. The molecule has 5 nitrogen and oxygen atoms in total. The highest BCUT2D eigenvalue weighted by atomic mass is 79.9. The van der Waals surface area contributed by atoms with Crippen LogP contribution in [0.2, 0.25) is 0 Å². The molecule has 2 rings (SSSR count). The molecule has 0 bridgehead atoms. The molecule has 19 heavy (non-hydrogen) atoms. The minimum absolute atomic E-state index is 0.255. The third-order valence-electron chi connectivity index (χ3n) is 2.66. The van der Waals surface area contributed by atoms with Crippen LogP contribution in [0, 0.1) is 6.92 Å². The number of hydrogen-bond acceptors (Lipinski definition) is 4. The number of ether oxygens (including phenoxy) is 1. The molecule has 1 heterocycles. The van der Waals surface area contributed by atoms with Crippen LogP contribution in [0.5, 0.6) is 0 Å². The molecule has 6 heteroatoms. The smallest absolute Gasteiger partial charge is 0.310 e. The van der Waals surface area contributed by atoms with Gasteiger partial charge in [0.25, 0.3) is 0 Å². The molecule has 0 fully saturated rings. The van der Waals surface area contributed by atoms with Gasteiger partial charge in [-0.05, 0) is 25.1 Å². The number of fused-ring (bicyclic) bond motifs is 1. The second-order valence-electron chi connectivity index (χ2n) is 3.97. The van der Waals surface area contributed by atoms with Crippen LogP contribution >= 0.6 is 15.9 Å². The second-order valence-corrected chi connectivity index (χ2v) is 4.88. The van der Waals surface area contributed by atoms with Crippen molar-refractivity contribution in [2.24, 2.45) is 0 Å². The van der Waals surface area contributed by atoms with E-state index in [0.717, 1.165) is 15.4 Å². The van der Waals surface area contributed by atoms with Crippen LogP contribution < -0.4 is 5.48 Å². The maximum atomic E-state index is 11.9. The van der Waals surface area contributed by atoms with E-state index in [4.69, 9.17) is 14.0 Å². The van der Waals surface area contributed by atoms with Crippen molar-refractivity contribution >= 4 is 32.8 Å². The van der Waals surface area contributed by atoms with Crippen LogP contribution in [0.3, 0.4) is 0 Å². The van der Waals surface area contributed by atoms with Crippen molar-refractivity contribution in [2.75, 3.05) is 20.3 Å². The number of carbonyl (C=O) groups is 1. The van der Waals surface area contributed by atoms with Gasteiger partial charge in [0.1, 0.15) is 5.58 Å². The summed E-state index contributed by atoms with van der Waals surface area (Å²) in [5.74, 6) is -0.147. The van der Waals surface area contributed by atoms with E-state index in [1.165, 1.54) is 0 Å². The Morgan fingerprint density at radius 2 is 2.21 bits per heavy atom. The van der Waals surface area contributed by atoms with Gasteiger partial charge in [0, 0.05) is 22.5 Å². The van der Waals surface area contributed by atoms with Crippen LogP contribution in [0.1, 0.15) is 16.1 Å². The summed E-state index contributed by atoms with van der Waals surface area (Å²) in [6.45, 7) is 2.53. The third kappa shape index (κ3) is 3.15. The Morgan fingerprint density at radius 3 is 2.95 bits per heavy atom. The van der Waals surface area contributed by atoms with E-state index in [0.29, 0.717) is 12.2 Å². The highest BCUT2D eigenvalue weighted by molar-refractivity contribution is 9.10. The zero-order chi connectivity index (χ0) is 13.8. The Balaban J connectivity index is 2.16. The van der Waals surface area contributed by atoms with Crippen LogP contribution in [0.4, 0.5) is 0 Å². The average molecular weight is 328 g/mol. The van der Waals surface area contributed by atoms with Crippen molar-refractivity contribution < 1.29 is 18.8 Å². The van der Waals surface area contributed by atoms with Crippen molar-refractivity contribution in [3.63, 3.8) is 0 Å². The second kappa shape index (κ2) is 6.18. The number of hydrogen-bond donors (Lipinski definition) is 1. The van der Waals surface area contributed by atoms with Gasteiger partial charge in [-0.2, -0.15) is 0 Å². The Bertz CT molecular complexity index is 594. The van der Waals surface area contributed by atoms with E-state index in [2.05, 4.69) is 21.4 Å². The van der Waals surface area contributed by atoms with E-state index in [-0.39, 0.29) is 12.4 Å². The van der Waals surface area contributed by atoms with Crippen molar-refractivity contribution in [3.8, 4) is 0 Å². The summed E-state index contributed by atoms with van der Waals surface area (Å²) in [6, 6.07) is 5.59. The van der Waals surface area contributed by atoms with Gasteiger partial charge in [-0.1, -0.05) is 15.9 Å². The lowest BCUT2D eigenvalue weighted by molar-refractivity contribution is 0.00738. The zero-order valence-corrected chi connectivity index (χ0v) is 12.2. The monoisotopic (exact) mass is 327 g/mol. The molecule has 0 radical (unpaired) electrons. The summed E-state index contributed by atoms with van der Waals surface area (Å²) in [6.07, 6.45) is 0. The minimum atomic E-state index is -0.402. The quantitative estimate of drug-likeness (QED) is 0.677. The number of rotatable bonds is 5. The van der Waals surface area contributed by atoms with Crippen molar-refractivity contribution in [2.45, 2.75) is 6.92 Å². The standard InChI is InChI=1S/C13H14BrNO4/c1-8-10-7-9(14)3-4-11(10)19-12(8)13(16)15-18-6-5-17-2/h3-4,7H,5-6H2,1-2H3,(H,15,16). The van der Waals surface area contributed by atoms with Crippen molar-refractivity contribution in [1.29, 1.82) is 0 Å². The summed E-state index contributed by atoms with van der Waals surface area (Å²) in [4.78, 5) is 16.9. The lowest BCUT2D eigenvalue weighted by Crippen LogP contribution is -2.25. The fourth-order valence-corrected chi connectivity index (χ4v) is 2.06. The van der Waals surface area contributed by atoms with Crippen LogP contribution in [0.25, 0.3) is 11.0 Å². The topological polar surface area (TPSA) is 60.7 Å². The molecule has 0 aliphatic rings. The number of hydroxylamine groups is 1. The van der Waals surface area contributed by atoms with Gasteiger partial charge in [0.15, 0.2) is 5.76 Å². The lowest BCUT2D eigenvalue weighted by Gasteiger charge is -2.03. The van der Waals surface area contributed by atoms with Crippen LogP contribution in [0.15, 0.2) is 27.1 Å². The number of carbonyl (C=O) groups excluding carboxylic acids is 1. The van der Waals surface area contributed by atoms with Gasteiger partial charge in [-0.3, -0.25) is 9.63 Å². The highest BCUT2D eigenvalue weighted by Crippen LogP contribution is 2.27. The van der Waals surface area contributed by atoms with E-state index in [1.807, 2.05) is 25.1 Å². The SMILES string of the molecule is COCCONC(=O)c1oc2ccc(Br)cc2c1C. The first-order valence-electron chi connectivity index (χ1n) is 5.73. The van der Waals surface area contributed by atoms with Gasteiger partial charge in [0.2, 0.25) is 0 Å². The van der Waals surface area contributed by atoms with Gasteiger partial charge in [0.05, 0.1) is 13.2 Å². The van der Waals surface area contributed by atoms with E-state index < -0.39 is 5.91 Å². The number of furan rings is 1. The van der Waals surface area contributed by atoms with E-state index in [9.17, 15) is 4.79 Å². The molecule has 0 saturated heterocycles. The predicted molar refractivity (Wildman–Crippen MR) is 73.9 cm³/mol. The van der Waals surface area contributed by atoms with Gasteiger partial charge in [-0.25, -0.2) is 5.48 Å². The Hall–Kier alpha value is -1.37. The molecule has 0 saturated carbocycles. The average Bonchev–Trinajstić information content (AvgIpc) is 2.72. The number of benzene rings is 1. The molecule has 0 atom stereocenters. The molecule has 1 aromatic carbocycles. The molecular weight excluding hydrogens is 314 g/mol. The predicted octanol–water partition coefficient (Wildman–Crippen LogP) is 2.81. The summed E-state index contributed by atoms with van der Waals surface area (Å²) < 4.78 is 11.3. The molecule has 0 aliphatic carbocycles. The first-order valence-corrected chi connectivity index (χ1v) is 6.52. The molecule has 2 aromatic rings. The molecule has 0 spiro atoms. The molecule has 1 N–H and O–H groups in total. The van der Waals surface area contributed by atoms with Crippen molar-refractivity contribution in [1.82, 2.24) is 5.48 Å². The first kappa shape index (κ1) is 14.0. The molecule has 1 aromatic heterocycles. The summed E-state index contributed by atoms with van der Waals surface area (Å²) in [5.41, 5.74) is 3.78. The molecule has 0 unspecified atom stereocenters. The first-order chi connectivity index (χ1) is 9.13. The number of aryl methyl sites for hydroxylation is 1. The van der Waals surface area contributed by atoms with E-state index in [1.54, 1.807) is 7.11 Å². The molecule has 102 valence electrons. The zero-order valence-electron chi connectivity index (χ0n) is 10.7. The fraction of sp³-hybridized carbons (Fsp3) is 0.308. The Morgan fingerprint density at radius 1 is 1.42 bits per heavy atom. The summed E-state index contributed by atoms with van der Waals surface area (Å²) >= 11 is 3.39. The normalized spacial score (nSPS) is 10.9. The molecule has 1 amide bonds. The highest BCUT2D eigenvalue weighted by Gasteiger charge is 2.17. The number of nitrogens with one attached hydrogen (secondary N) is 1. The summed E-state index contributed by atoms with van der Waals surface area (Å²) in [5, 5.41) is 0.899. The maximum absolute atomic E-state index is 11.9. The fourth-order valence-electron chi connectivity index (χ4n) is 1.70.